The Labute approximate surface area is 156 Å². The van der Waals surface area contributed by atoms with Crippen LogP contribution in [0.1, 0.15) is 29.5 Å². The number of anilines is 2. The van der Waals surface area contributed by atoms with Gasteiger partial charge in [-0.3, -0.25) is 0 Å². The molecule has 1 heterocycles. The molecule has 0 atom stereocenters. The van der Waals surface area contributed by atoms with Crippen molar-refractivity contribution >= 4 is 28.7 Å². The summed E-state index contributed by atoms with van der Waals surface area (Å²) in [5.74, 6) is 0. The van der Waals surface area contributed by atoms with Crippen molar-refractivity contribution in [1.82, 2.24) is 5.32 Å². The van der Waals surface area contributed by atoms with Crippen molar-refractivity contribution in [3.8, 4) is 0 Å². The van der Waals surface area contributed by atoms with Gasteiger partial charge in [0.1, 0.15) is 0 Å². The Balaban J connectivity index is 1.43. The molecule has 1 aliphatic rings. The van der Waals surface area contributed by atoms with Crippen LogP contribution >= 0.6 is 12.2 Å². The van der Waals surface area contributed by atoms with E-state index in [1.807, 2.05) is 0 Å². The van der Waals surface area contributed by atoms with E-state index in [2.05, 4.69) is 71.8 Å². The largest absolute Gasteiger partial charge is 0.371 e. The van der Waals surface area contributed by atoms with Gasteiger partial charge >= 0.3 is 0 Å². The predicted octanol–water partition coefficient (Wildman–Crippen LogP) is 4.43. The molecule has 132 valence electrons. The van der Waals surface area contributed by atoms with Gasteiger partial charge < -0.3 is 15.5 Å². The normalized spacial score (nSPS) is 13.3. The maximum atomic E-state index is 5.41. The summed E-state index contributed by atoms with van der Waals surface area (Å²) in [7, 11) is 0. The van der Waals surface area contributed by atoms with E-state index in [1.54, 1.807) is 0 Å². The Bertz CT molecular complexity index is 742. The molecular formula is C21H27N3S. The molecule has 0 spiro atoms. The second-order valence-electron chi connectivity index (χ2n) is 6.75. The molecule has 25 heavy (non-hydrogen) atoms. The van der Waals surface area contributed by atoms with Crippen molar-refractivity contribution in [3.05, 3.63) is 59.2 Å². The highest BCUT2D eigenvalue weighted by Crippen LogP contribution is 2.26. The quantitative estimate of drug-likeness (QED) is 0.614. The smallest absolute Gasteiger partial charge is 0.170 e. The lowest BCUT2D eigenvalue weighted by molar-refractivity contribution is 0.658. The van der Waals surface area contributed by atoms with Crippen LogP contribution in [-0.2, 0) is 6.42 Å². The molecule has 2 N–H and O–H groups in total. The lowest BCUT2D eigenvalue weighted by atomic mass is 10.0. The summed E-state index contributed by atoms with van der Waals surface area (Å²) in [6, 6.07) is 15.1. The molecule has 0 aliphatic carbocycles. The Kier molecular flexibility index (Phi) is 5.92. The van der Waals surface area contributed by atoms with E-state index in [0.717, 1.165) is 31.7 Å². The van der Waals surface area contributed by atoms with Gasteiger partial charge in [0.2, 0.25) is 0 Å². The second kappa shape index (κ2) is 8.34. The Morgan fingerprint density at radius 3 is 2.80 bits per heavy atom. The zero-order valence-electron chi connectivity index (χ0n) is 15.1. The Morgan fingerprint density at radius 1 is 1.12 bits per heavy atom. The highest BCUT2D eigenvalue weighted by Gasteiger charge is 2.15. The van der Waals surface area contributed by atoms with Crippen LogP contribution in [0.2, 0.25) is 0 Å². The molecule has 2 aromatic carbocycles. The fourth-order valence-corrected chi connectivity index (χ4v) is 3.53. The lowest BCUT2D eigenvalue weighted by Gasteiger charge is -2.31. The summed E-state index contributed by atoms with van der Waals surface area (Å²) in [6.07, 6.45) is 3.52. The van der Waals surface area contributed by atoms with Gasteiger partial charge in [-0.05, 0) is 80.2 Å². The van der Waals surface area contributed by atoms with Gasteiger partial charge in [-0.25, -0.2) is 0 Å². The number of nitrogens with zero attached hydrogens (tertiary/aromatic N) is 1. The van der Waals surface area contributed by atoms with Gasteiger partial charge in [-0.1, -0.05) is 24.3 Å². The number of hydrogen-bond acceptors (Lipinski definition) is 2. The van der Waals surface area contributed by atoms with E-state index in [9.17, 15) is 0 Å². The monoisotopic (exact) mass is 353 g/mol. The van der Waals surface area contributed by atoms with E-state index >= 15 is 0 Å². The third-order valence-electron chi connectivity index (χ3n) is 4.86. The molecule has 0 unspecified atom stereocenters. The average Bonchev–Trinajstić information content (AvgIpc) is 2.62. The zero-order valence-corrected chi connectivity index (χ0v) is 16.0. The third-order valence-corrected chi connectivity index (χ3v) is 5.11. The summed E-state index contributed by atoms with van der Waals surface area (Å²) in [5.41, 5.74) is 6.51. The first-order valence-corrected chi connectivity index (χ1v) is 9.49. The van der Waals surface area contributed by atoms with Crippen molar-refractivity contribution in [2.45, 2.75) is 33.1 Å². The predicted molar refractivity (Wildman–Crippen MR) is 112 cm³/mol. The first-order valence-electron chi connectivity index (χ1n) is 9.08. The van der Waals surface area contributed by atoms with E-state index in [-0.39, 0.29) is 0 Å². The van der Waals surface area contributed by atoms with Crippen LogP contribution in [0.5, 0.6) is 0 Å². The molecule has 2 aromatic rings. The van der Waals surface area contributed by atoms with Crippen LogP contribution < -0.4 is 15.5 Å². The molecule has 0 bridgehead atoms. The van der Waals surface area contributed by atoms with Crippen LogP contribution in [0.3, 0.4) is 0 Å². The van der Waals surface area contributed by atoms with Crippen LogP contribution in [0.25, 0.3) is 0 Å². The molecule has 0 amide bonds. The molecule has 1 aliphatic heterocycles. The second-order valence-corrected chi connectivity index (χ2v) is 7.16. The fourth-order valence-electron chi connectivity index (χ4n) is 3.31. The maximum Gasteiger partial charge on any atom is 0.170 e. The summed E-state index contributed by atoms with van der Waals surface area (Å²) in [5, 5.41) is 7.29. The number of hydrogen-bond donors (Lipinski definition) is 2. The van der Waals surface area contributed by atoms with Crippen LogP contribution in [0, 0.1) is 13.8 Å². The fraction of sp³-hybridized carbons (Fsp3) is 0.381. The minimum absolute atomic E-state index is 0.697. The molecule has 3 nitrogen and oxygen atoms in total. The molecule has 0 saturated carbocycles. The number of para-hydroxylation sites is 1. The molecule has 0 aromatic heterocycles. The Morgan fingerprint density at radius 2 is 1.96 bits per heavy atom. The van der Waals surface area contributed by atoms with Gasteiger partial charge in [0.25, 0.3) is 0 Å². The van der Waals surface area contributed by atoms with Crippen LogP contribution in [0.15, 0.2) is 42.5 Å². The highest BCUT2D eigenvalue weighted by atomic mass is 32.1. The SMILES string of the molecule is Cc1ccc(NC(=S)NCCCN2CCCc3ccccc32)cc1C. The van der Waals surface area contributed by atoms with E-state index < -0.39 is 0 Å². The van der Waals surface area contributed by atoms with E-state index in [4.69, 9.17) is 12.2 Å². The summed E-state index contributed by atoms with van der Waals surface area (Å²) >= 11 is 5.41. The van der Waals surface area contributed by atoms with Crippen molar-refractivity contribution in [3.63, 3.8) is 0 Å². The zero-order chi connectivity index (χ0) is 17.6. The number of thiocarbonyl (C=S) groups is 1. The molecule has 0 radical (unpaired) electrons. The maximum absolute atomic E-state index is 5.41. The average molecular weight is 354 g/mol. The van der Waals surface area contributed by atoms with Gasteiger partial charge in [-0.15, -0.1) is 0 Å². The number of fused-ring (bicyclic) bond motifs is 1. The summed E-state index contributed by atoms with van der Waals surface area (Å²) < 4.78 is 0. The van der Waals surface area contributed by atoms with Crippen LogP contribution in [-0.4, -0.2) is 24.7 Å². The number of aryl methyl sites for hydroxylation is 3. The lowest BCUT2D eigenvalue weighted by Crippen LogP contribution is -2.34. The Hall–Kier alpha value is -2.07. The van der Waals surface area contributed by atoms with Crippen molar-refractivity contribution in [2.24, 2.45) is 0 Å². The minimum atomic E-state index is 0.697. The van der Waals surface area contributed by atoms with Gasteiger partial charge in [0.05, 0.1) is 0 Å². The van der Waals surface area contributed by atoms with Gasteiger partial charge in [0.15, 0.2) is 5.11 Å². The number of rotatable bonds is 5. The van der Waals surface area contributed by atoms with Gasteiger partial charge in [-0.2, -0.15) is 0 Å². The molecule has 3 rings (SSSR count). The van der Waals surface area contributed by atoms with Crippen molar-refractivity contribution in [2.75, 3.05) is 29.9 Å². The van der Waals surface area contributed by atoms with E-state index in [0.29, 0.717) is 5.11 Å². The minimum Gasteiger partial charge on any atom is -0.371 e. The van der Waals surface area contributed by atoms with Crippen molar-refractivity contribution in [1.29, 1.82) is 0 Å². The summed E-state index contributed by atoms with van der Waals surface area (Å²) in [6.45, 7) is 7.34. The molecular weight excluding hydrogens is 326 g/mol. The number of benzene rings is 2. The highest BCUT2D eigenvalue weighted by molar-refractivity contribution is 7.80. The number of nitrogens with one attached hydrogen (secondary N) is 2. The topological polar surface area (TPSA) is 27.3 Å². The van der Waals surface area contributed by atoms with Crippen LogP contribution in [0.4, 0.5) is 11.4 Å². The molecule has 4 heteroatoms. The van der Waals surface area contributed by atoms with E-state index in [1.165, 1.54) is 35.2 Å². The van der Waals surface area contributed by atoms with Gasteiger partial charge in [0, 0.05) is 31.0 Å². The summed E-state index contributed by atoms with van der Waals surface area (Å²) in [4.78, 5) is 2.50. The first kappa shape index (κ1) is 17.7. The molecule has 0 fully saturated rings. The van der Waals surface area contributed by atoms with Crippen molar-refractivity contribution < 1.29 is 0 Å². The first-order chi connectivity index (χ1) is 12.1. The third kappa shape index (κ3) is 4.73. The molecule has 0 saturated heterocycles. The standard InChI is InChI=1S/C21H27N3S/c1-16-10-11-19(15-17(16)2)23-21(25)22-12-6-14-24-13-5-8-18-7-3-4-9-20(18)24/h3-4,7,9-11,15H,5-6,8,12-14H2,1-2H3,(H2,22,23,25).